The van der Waals surface area contributed by atoms with E-state index in [9.17, 15) is 5.11 Å². The van der Waals surface area contributed by atoms with Crippen molar-refractivity contribution in [2.45, 2.75) is 58.5 Å². The second-order valence-corrected chi connectivity index (χ2v) is 4.12. The molecule has 0 radical (unpaired) electrons. The van der Waals surface area contributed by atoms with E-state index in [4.69, 9.17) is 0 Å². The predicted molar refractivity (Wildman–Crippen MR) is 52.0 cm³/mol. The number of aliphatic hydroxyl groups excluding tert-OH is 1. The Kier molecular flexibility index (Phi) is 4.07. The average molecular weight is 170 g/mol. The normalized spacial score (nSPS) is 36.8. The summed E-state index contributed by atoms with van der Waals surface area (Å²) < 4.78 is 0. The Hall–Kier alpha value is -0.0400. The summed E-state index contributed by atoms with van der Waals surface area (Å²) in [4.78, 5) is 0. The van der Waals surface area contributed by atoms with Crippen LogP contribution in [0.4, 0.5) is 0 Å². The van der Waals surface area contributed by atoms with Crippen LogP contribution in [0, 0.1) is 11.8 Å². The molecule has 0 aromatic carbocycles. The fourth-order valence-corrected chi connectivity index (χ4v) is 2.67. The van der Waals surface area contributed by atoms with Crippen LogP contribution in [0.15, 0.2) is 0 Å². The standard InChI is InChI=1S/C11H22O/c1-3-6-9-7-5-8-11(12)10(9)4-2/h9-12H,3-8H2,1-2H3. The first-order valence-electron chi connectivity index (χ1n) is 5.47. The molecular weight excluding hydrogens is 148 g/mol. The molecule has 0 bridgehead atoms. The summed E-state index contributed by atoms with van der Waals surface area (Å²) in [6.45, 7) is 4.45. The lowest BCUT2D eigenvalue weighted by molar-refractivity contribution is 0.0272. The van der Waals surface area contributed by atoms with Crippen LogP contribution in [0.1, 0.15) is 52.4 Å². The van der Waals surface area contributed by atoms with Crippen LogP contribution in [-0.2, 0) is 0 Å². The number of hydrogen-bond acceptors (Lipinski definition) is 1. The van der Waals surface area contributed by atoms with Crippen molar-refractivity contribution in [3.8, 4) is 0 Å². The van der Waals surface area contributed by atoms with Gasteiger partial charge < -0.3 is 5.11 Å². The molecule has 1 nitrogen and oxygen atoms in total. The maximum Gasteiger partial charge on any atom is 0.0570 e. The molecule has 1 N–H and O–H groups in total. The second kappa shape index (κ2) is 4.86. The van der Waals surface area contributed by atoms with Gasteiger partial charge in [-0.2, -0.15) is 0 Å². The molecule has 72 valence electrons. The minimum Gasteiger partial charge on any atom is -0.393 e. The lowest BCUT2D eigenvalue weighted by Crippen LogP contribution is -2.31. The third-order valence-corrected chi connectivity index (χ3v) is 3.31. The average Bonchev–Trinajstić information content (AvgIpc) is 2.05. The highest BCUT2D eigenvalue weighted by molar-refractivity contribution is 4.80. The lowest BCUT2D eigenvalue weighted by Gasteiger charge is -2.34. The van der Waals surface area contributed by atoms with E-state index in [2.05, 4.69) is 13.8 Å². The Labute approximate surface area is 76.2 Å². The first kappa shape index (κ1) is 10.0. The minimum absolute atomic E-state index is 0.000278. The highest BCUT2D eigenvalue weighted by Crippen LogP contribution is 2.35. The summed E-state index contributed by atoms with van der Waals surface area (Å²) in [6.07, 6.45) is 7.38. The van der Waals surface area contributed by atoms with E-state index < -0.39 is 0 Å². The van der Waals surface area contributed by atoms with Crippen LogP contribution in [0.3, 0.4) is 0 Å². The molecule has 0 aromatic rings. The fourth-order valence-electron chi connectivity index (χ4n) is 2.67. The molecule has 0 amide bonds. The largest absolute Gasteiger partial charge is 0.393 e. The van der Waals surface area contributed by atoms with Crippen LogP contribution in [0.2, 0.25) is 0 Å². The molecular formula is C11H22O. The molecule has 1 rings (SSSR count). The first-order chi connectivity index (χ1) is 5.79. The van der Waals surface area contributed by atoms with Gasteiger partial charge in [-0.1, -0.05) is 39.5 Å². The Morgan fingerprint density at radius 1 is 1.25 bits per heavy atom. The van der Waals surface area contributed by atoms with Gasteiger partial charge in [0.1, 0.15) is 0 Å². The van der Waals surface area contributed by atoms with E-state index >= 15 is 0 Å². The number of aliphatic hydroxyl groups is 1. The highest BCUT2D eigenvalue weighted by atomic mass is 16.3. The molecule has 0 aromatic heterocycles. The van der Waals surface area contributed by atoms with Gasteiger partial charge in [0.25, 0.3) is 0 Å². The van der Waals surface area contributed by atoms with Gasteiger partial charge in [-0.25, -0.2) is 0 Å². The second-order valence-electron chi connectivity index (χ2n) is 4.12. The molecule has 1 heteroatoms. The molecule has 12 heavy (non-hydrogen) atoms. The summed E-state index contributed by atoms with van der Waals surface area (Å²) in [5.41, 5.74) is 0. The van der Waals surface area contributed by atoms with Crippen LogP contribution < -0.4 is 0 Å². The van der Waals surface area contributed by atoms with Gasteiger partial charge >= 0.3 is 0 Å². The maximum absolute atomic E-state index is 9.77. The van der Waals surface area contributed by atoms with Gasteiger partial charge in [0.05, 0.1) is 6.10 Å². The summed E-state index contributed by atoms with van der Waals surface area (Å²) in [5, 5.41) is 9.77. The Morgan fingerprint density at radius 3 is 2.58 bits per heavy atom. The third kappa shape index (κ3) is 2.22. The van der Waals surface area contributed by atoms with Crippen molar-refractivity contribution in [1.29, 1.82) is 0 Å². The summed E-state index contributed by atoms with van der Waals surface area (Å²) in [7, 11) is 0. The van der Waals surface area contributed by atoms with Crippen LogP contribution in [0.5, 0.6) is 0 Å². The van der Waals surface area contributed by atoms with Gasteiger partial charge in [0.15, 0.2) is 0 Å². The van der Waals surface area contributed by atoms with Gasteiger partial charge in [-0.15, -0.1) is 0 Å². The van der Waals surface area contributed by atoms with E-state index in [1.54, 1.807) is 0 Å². The Balaban J connectivity index is 2.45. The van der Waals surface area contributed by atoms with E-state index in [1.165, 1.54) is 25.7 Å². The Bertz CT molecular complexity index is 120. The van der Waals surface area contributed by atoms with E-state index in [-0.39, 0.29) is 6.10 Å². The molecule has 3 atom stereocenters. The highest BCUT2D eigenvalue weighted by Gasteiger charge is 2.29. The molecule has 1 aliphatic rings. The third-order valence-electron chi connectivity index (χ3n) is 3.31. The van der Waals surface area contributed by atoms with Crippen molar-refractivity contribution < 1.29 is 5.11 Å². The van der Waals surface area contributed by atoms with Crippen molar-refractivity contribution in [2.75, 3.05) is 0 Å². The van der Waals surface area contributed by atoms with E-state index in [0.717, 1.165) is 18.8 Å². The topological polar surface area (TPSA) is 20.2 Å². The van der Waals surface area contributed by atoms with Gasteiger partial charge in [-0.05, 0) is 24.7 Å². The molecule has 1 fully saturated rings. The minimum atomic E-state index is 0.000278. The zero-order chi connectivity index (χ0) is 8.97. The fraction of sp³-hybridized carbons (Fsp3) is 1.00. The van der Waals surface area contributed by atoms with Crippen molar-refractivity contribution in [2.24, 2.45) is 11.8 Å². The van der Waals surface area contributed by atoms with Crippen molar-refractivity contribution in [3.63, 3.8) is 0 Å². The zero-order valence-corrected chi connectivity index (χ0v) is 8.42. The van der Waals surface area contributed by atoms with Crippen molar-refractivity contribution >= 4 is 0 Å². The van der Waals surface area contributed by atoms with Crippen molar-refractivity contribution in [3.05, 3.63) is 0 Å². The molecule has 0 aliphatic heterocycles. The monoisotopic (exact) mass is 170 g/mol. The summed E-state index contributed by atoms with van der Waals surface area (Å²) in [6, 6.07) is 0. The lowest BCUT2D eigenvalue weighted by atomic mass is 9.74. The molecule has 3 unspecified atom stereocenters. The van der Waals surface area contributed by atoms with Gasteiger partial charge in [0, 0.05) is 0 Å². The Morgan fingerprint density at radius 2 is 2.00 bits per heavy atom. The van der Waals surface area contributed by atoms with Crippen LogP contribution in [0.25, 0.3) is 0 Å². The summed E-state index contributed by atoms with van der Waals surface area (Å²) in [5.74, 6) is 1.41. The first-order valence-corrected chi connectivity index (χ1v) is 5.47. The SMILES string of the molecule is CCCC1CCCC(O)C1CC. The van der Waals surface area contributed by atoms with Crippen LogP contribution >= 0.6 is 0 Å². The predicted octanol–water partition coefficient (Wildman–Crippen LogP) is 2.97. The molecule has 0 spiro atoms. The van der Waals surface area contributed by atoms with Gasteiger partial charge in [-0.3, -0.25) is 0 Å². The molecule has 0 heterocycles. The molecule has 0 saturated heterocycles. The molecule has 1 aliphatic carbocycles. The maximum atomic E-state index is 9.77. The number of hydrogen-bond donors (Lipinski definition) is 1. The smallest absolute Gasteiger partial charge is 0.0570 e. The summed E-state index contributed by atoms with van der Waals surface area (Å²) >= 11 is 0. The van der Waals surface area contributed by atoms with Gasteiger partial charge in [0.2, 0.25) is 0 Å². The number of rotatable bonds is 3. The van der Waals surface area contributed by atoms with Crippen molar-refractivity contribution in [1.82, 2.24) is 0 Å². The van der Waals surface area contributed by atoms with Crippen LogP contribution in [-0.4, -0.2) is 11.2 Å². The quantitative estimate of drug-likeness (QED) is 0.690. The van der Waals surface area contributed by atoms with E-state index in [0.29, 0.717) is 5.92 Å². The van der Waals surface area contributed by atoms with E-state index in [1.807, 2.05) is 0 Å². The zero-order valence-electron chi connectivity index (χ0n) is 8.42. The molecule has 1 saturated carbocycles.